The fraction of sp³-hybridized carbons (Fsp3) is 0.417. The maximum Gasteiger partial charge on any atom is 0.269 e. The third-order valence-corrected chi connectivity index (χ3v) is 6.16. The van der Waals surface area contributed by atoms with Gasteiger partial charge in [0.25, 0.3) is 5.69 Å². The summed E-state index contributed by atoms with van der Waals surface area (Å²) >= 11 is 0. The summed E-state index contributed by atoms with van der Waals surface area (Å²) in [5.74, 6) is 0.0211. The smallest absolute Gasteiger partial charge is 0.269 e. The molecule has 31 heavy (non-hydrogen) atoms. The maximum absolute atomic E-state index is 13.0. The van der Waals surface area contributed by atoms with Crippen molar-refractivity contribution < 1.29 is 14.5 Å². The molecule has 1 fully saturated rings. The summed E-state index contributed by atoms with van der Waals surface area (Å²) in [5.41, 5.74) is 1.91. The Labute approximate surface area is 182 Å². The molecule has 7 heteroatoms. The van der Waals surface area contributed by atoms with Gasteiger partial charge in [0.05, 0.1) is 11.0 Å². The summed E-state index contributed by atoms with van der Waals surface area (Å²) in [7, 11) is 1.74. The Morgan fingerprint density at radius 2 is 1.81 bits per heavy atom. The highest BCUT2D eigenvalue weighted by Gasteiger charge is 2.31. The number of nitrogens with zero attached hydrogens (tertiary/aromatic N) is 3. The van der Waals surface area contributed by atoms with Crippen LogP contribution in [0.15, 0.2) is 54.6 Å². The molecule has 0 bridgehead atoms. The van der Waals surface area contributed by atoms with Crippen molar-refractivity contribution in [1.29, 1.82) is 0 Å². The molecule has 2 amide bonds. The van der Waals surface area contributed by atoms with Crippen molar-refractivity contribution in [1.82, 2.24) is 9.80 Å². The Balaban J connectivity index is 1.51. The number of amides is 2. The molecule has 1 atom stereocenters. The third kappa shape index (κ3) is 5.69. The molecule has 0 radical (unpaired) electrons. The van der Waals surface area contributed by atoms with E-state index in [1.165, 1.54) is 12.1 Å². The molecule has 0 aliphatic carbocycles. The van der Waals surface area contributed by atoms with Crippen LogP contribution in [0.25, 0.3) is 0 Å². The van der Waals surface area contributed by atoms with Gasteiger partial charge in [-0.25, -0.2) is 0 Å². The molecular weight excluding hydrogens is 394 g/mol. The normalized spacial score (nSPS) is 15.4. The van der Waals surface area contributed by atoms with E-state index in [4.69, 9.17) is 0 Å². The molecule has 0 aromatic heterocycles. The van der Waals surface area contributed by atoms with Crippen LogP contribution in [-0.2, 0) is 16.0 Å². The quantitative estimate of drug-likeness (QED) is 0.498. The van der Waals surface area contributed by atoms with Gasteiger partial charge in [0.1, 0.15) is 0 Å². The summed E-state index contributed by atoms with van der Waals surface area (Å²) in [6.07, 6.45) is 2.48. The molecule has 2 aromatic rings. The average molecular weight is 424 g/mol. The second kappa shape index (κ2) is 10.2. The number of carbonyl (C=O) groups excluding carboxylic acids is 2. The van der Waals surface area contributed by atoms with Crippen molar-refractivity contribution in [2.24, 2.45) is 5.92 Å². The van der Waals surface area contributed by atoms with E-state index in [0.29, 0.717) is 32.4 Å². The van der Waals surface area contributed by atoms with Crippen LogP contribution >= 0.6 is 0 Å². The van der Waals surface area contributed by atoms with Gasteiger partial charge in [-0.15, -0.1) is 0 Å². The van der Waals surface area contributed by atoms with Crippen molar-refractivity contribution in [3.63, 3.8) is 0 Å². The Morgan fingerprint density at radius 1 is 1.13 bits per heavy atom. The van der Waals surface area contributed by atoms with Crippen LogP contribution in [0.2, 0.25) is 0 Å². The molecule has 1 heterocycles. The zero-order valence-electron chi connectivity index (χ0n) is 18.1. The molecular formula is C24H29N3O4. The third-order valence-electron chi connectivity index (χ3n) is 6.16. The van der Waals surface area contributed by atoms with E-state index in [9.17, 15) is 19.7 Å². The van der Waals surface area contributed by atoms with Gasteiger partial charge in [0, 0.05) is 44.6 Å². The fourth-order valence-electron chi connectivity index (χ4n) is 4.03. The Bertz CT molecular complexity index is 923. The van der Waals surface area contributed by atoms with E-state index in [0.717, 1.165) is 17.5 Å². The minimum Gasteiger partial charge on any atom is -0.343 e. The first kappa shape index (κ1) is 22.5. The van der Waals surface area contributed by atoms with Crippen molar-refractivity contribution >= 4 is 17.5 Å². The van der Waals surface area contributed by atoms with E-state index in [-0.39, 0.29) is 29.5 Å². The summed E-state index contributed by atoms with van der Waals surface area (Å²) in [6.45, 7) is 3.05. The van der Waals surface area contributed by atoms with Gasteiger partial charge in [-0.05, 0) is 37.3 Å². The van der Waals surface area contributed by atoms with Crippen molar-refractivity contribution in [2.45, 2.75) is 38.6 Å². The Kier molecular flexibility index (Phi) is 7.39. The lowest BCUT2D eigenvalue weighted by Gasteiger charge is -2.35. The first-order valence-electron chi connectivity index (χ1n) is 10.7. The van der Waals surface area contributed by atoms with Crippen molar-refractivity contribution in [2.75, 3.05) is 20.1 Å². The molecule has 1 aliphatic rings. The van der Waals surface area contributed by atoms with E-state index >= 15 is 0 Å². The number of nitro benzene ring substituents is 1. The summed E-state index contributed by atoms with van der Waals surface area (Å²) in [5, 5.41) is 11.0. The summed E-state index contributed by atoms with van der Waals surface area (Å²) in [4.78, 5) is 39.7. The standard InChI is InChI=1S/C24H29N3O4/c1-18(21-9-6-10-22(17-21)27(30)31)25(2)24(29)20-13-15-26(16-14-20)23(28)12-11-19-7-4-3-5-8-19/h3-10,17-18,20H,11-16H2,1-2H3. The van der Waals surface area contributed by atoms with Crippen LogP contribution in [-0.4, -0.2) is 46.7 Å². The van der Waals surface area contributed by atoms with Gasteiger partial charge in [-0.1, -0.05) is 42.5 Å². The predicted molar refractivity (Wildman–Crippen MR) is 118 cm³/mol. The SMILES string of the molecule is CC(c1cccc([N+](=O)[O-])c1)N(C)C(=O)C1CCN(C(=O)CCc2ccccc2)CC1. The summed E-state index contributed by atoms with van der Waals surface area (Å²) in [6, 6.07) is 16.1. The zero-order valence-corrected chi connectivity index (χ0v) is 18.1. The molecule has 164 valence electrons. The topological polar surface area (TPSA) is 83.8 Å². The van der Waals surface area contributed by atoms with Gasteiger partial charge in [0.15, 0.2) is 0 Å². The average Bonchev–Trinajstić information content (AvgIpc) is 2.82. The molecule has 3 rings (SSSR count). The number of non-ortho nitro benzene ring substituents is 1. The Morgan fingerprint density at radius 3 is 2.45 bits per heavy atom. The first-order chi connectivity index (χ1) is 14.9. The highest BCUT2D eigenvalue weighted by molar-refractivity contribution is 5.80. The minimum absolute atomic E-state index is 0.0209. The fourth-order valence-corrected chi connectivity index (χ4v) is 4.03. The minimum atomic E-state index is -0.428. The van der Waals surface area contributed by atoms with Crippen LogP contribution in [0.5, 0.6) is 0 Å². The van der Waals surface area contributed by atoms with Crippen molar-refractivity contribution in [3.8, 4) is 0 Å². The van der Waals surface area contributed by atoms with Crippen LogP contribution < -0.4 is 0 Å². The van der Waals surface area contributed by atoms with E-state index in [1.807, 2.05) is 42.2 Å². The van der Waals surface area contributed by atoms with Gasteiger partial charge >= 0.3 is 0 Å². The highest BCUT2D eigenvalue weighted by atomic mass is 16.6. The highest BCUT2D eigenvalue weighted by Crippen LogP contribution is 2.27. The number of likely N-dealkylation sites (tertiary alicyclic amines) is 1. The monoisotopic (exact) mass is 423 g/mol. The lowest BCUT2D eigenvalue weighted by molar-refractivity contribution is -0.384. The first-order valence-corrected chi connectivity index (χ1v) is 10.7. The molecule has 1 saturated heterocycles. The number of nitro groups is 1. The number of carbonyl (C=O) groups is 2. The predicted octanol–water partition coefficient (Wildman–Crippen LogP) is 3.99. The van der Waals surface area contributed by atoms with E-state index in [1.54, 1.807) is 24.1 Å². The number of aryl methyl sites for hydroxylation is 1. The number of rotatable bonds is 7. The number of hydrogen-bond donors (Lipinski definition) is 0. The lowest BCUT2D eigenvalue weighted by Crippen LogP contribution is -2.44. The van der Waals surface area contributed by atoms with Crippen LogP contribution in [0.3, 0.4) is 0 Å². The molecule has 0 saturated carbocycles. The summed E-state index contributed by atoms with van der Waals surface area (Å²) < 4.78 is 0. The second-order valence-corrected chi connectivity index (χ2v) is 8.12. The van der Waals surface area contributed by atoms with Crippen LogP contribution in [0.4, 0.5) is 5.69 Å². The van der Waals surface area contributed by atoms with Gasteiger partial charge in [-0.3, -0.25) is 19.7 Å². The molecule has 1 aliphatic heterocycles. The maximum atomic E-state index is 13.0. The second-order valence-electron chi connectivity index (χ2n) is 8.12. The number of piperidine rings is 1. The van der Waals surface area contributed by atoms with E-state index < -0.39 is 4.92 Å². The zero-order chi connectivity index (χ0) is 22.4. The van der Waals surface area contributed by atoms with Gasteiger partial charge in [0.2, 0.25) is 11.8 Å². The molecule has 7 nitrogen and oxygen atoms in total. The largest absolute Gasteiger partial charge is 0.343 e. The number of hydrogen-bond acceptors (Lipinski definition) is 4. The molecule has 2 aromatic carbocycles. The molecule has 1 unspecified atom stereocenters. The molecule has 0 spiro atoms. The van der Waals surface area contributed by atoms with E-state index in [2.05, 4.69) is 0 Å². The lowest BCUT2D eigenvalue weighted by atomic mass is 9.94. The number of benzene rings is 2. The van der Waals surface area contributed by atoms with Gasteiger partial charge < -0.3 is 9.80 Å². The Hall–Kier alpha value is -3.22. The van der Waals surface area contributed by atoms with Crippen molar-refractivity contribution in [3.05, 3.63) is 75.8 Å². The van der Waals surface area contributed by atoms with Crippen LogP contribution in [0.1, 0.15) is 43.4 Å². The van der Waals surface area contributed by atoms with Gasteiger partial charge in [-0.2, -0.15) is 0 Å². The van der Waals surface area contributed by atoms with Crippen LogP contribution in [0, 0.1) is 16.0 Å². The molecule has 0 N–H and O–H groups in total.